The number of benzene rings is 1. The van der Waals surface area contributed by atoms with Crippen LogP contribution in [0.1, 0.15) is 18.1 Å². The minimum atomic E-state index is -1.11. The topological polar surface area (TPSA) is 82.2 Å². The molecule has 1 atom stereocenters. The van der Waals surface area contributed by atoms with Crippen molar-refractivity contribution in [1.29, 1.82) is 0 Å². The van der Waals surface area contributed by atoms with Gasteiger partial charge < -0.3 is 15.4 Å². The number of nitrogens with one attached hydrogen (secondary N) is 2. The van der Waals surface area contributed by atoms with E-state index in [1.54, 1.807) is 0 Å². The Kier molecular flexibility index (Phi) is 4.08. The van der Waals surface area contributed by atoms with Crippen LogP contribution in [0.25, 0.3) is 10.9 Å². The van der Waals surface area contributed by atoms with E-state index in [1.165, 1.54) is 12.5 Å². The van der Waals surface area contributed by atoms with Gasteiger partial charge >= 0.3 is 5.97 Å². The van der Waals surface area contributed by atoms with Crippen molar-refractivity contribution in [3.63, 3.8) is 0 Å². The molecule has 0 aliphatic heterocycles. The van der Waals surface area contributed by atoms with Gasteiger partial charge in [-0.2, -0.15) is 0 Å². The highest BCUT2D eigenvalue weighted by Gasteiger charge is 2.19. The van der Waals surface area contributed by atoms with E-state index in [1.807, 2.05) is 19.2 Å². The van der Waals surface area contributed by atoms with E-state index >= 15 is 0 Å². The van der Waals surface area contributed by atoms with Crippen LogP contribution >= 0.6 is 0 Å². The number of aryl methyl sites for hydroxylation is 1. The monoisotopic (exact) mass is 274 g/mol. The fourth-order valence-electron chi connectivity index (χ4n) is 2.09. The first kappa shape index (κ1) is 14.1. The predicted molar refractivity (Wildman–Crippen MR) is 76.5 cm³/mol. The number of carbonyl (C=O) groups is 2. The van der Waals surface area contributed by atoms with Crippen molar-refractivity contribution < 1.29 is 14.7 Å². The zero-order valence-corrected chi connectivity index (χ0v) is 11.6. The average molecular weight is 274 g/mol. The molecule has 1 heterocycles. The van der Waals surface area contributed by atoms with E-state index in [-0.39, 0.29) is 0 Å². The second kappa shape index (κ2) is 5.77. The molecule has 0 saturated carbocycles. The van der Waals surface area contributed by atoms with Gasteiger partial charge in [-0.25, -0.2) is 0 Å². The minimum absolute atomic E-state index is 0.428. The molecule has 106 valence electrons. The number of carboxylic acids is 1. The lowest BCUT2D eigenvalue weighted by molar-refractivity contribution is -0.146. The highest BCUT2D eigenvalue weighted by atomic mass is 16.4. The van der Waals surface area contributed by atoms with Crippen molar-refractivity contribution in [2.24, 2.45) is 5.92 Å². The molecule has 0 fully saturated rings. The van der Waals surface area contributed by atoms with Crippen molar-refractivity contribution >= 4 is 22.8 Å². The number of carbonyl (C=O) groups excluding carboxylic acids is 1. The number of carboxylic acid groups (broad SMARTS) is 1. The van der Waals surface area contributed by atoms with Gasteiger partial charge in [-0.1, -0.05) is 12.1 Å². The van der Waals surface area contributed by atoms with Crippen LogP contribution in [0.2, 0.25) is 0 Å². The smallest absolute Gasteiger partial charge is 0.315 e. The summed E-state index contributed by atoms with van der Waals surface area (Å²) in [4.78, 5) is 25.4. The van der Waals surface area contributed by atoms with Crippen LogP contribution in [-0.4, -0.2) is 28.5 Å². The lowest BCUT2D eigenvalue weighted by Gasteiger charge is -2.07. The van der Waals surface area contributed by atoms with Crippen molar-refractivity contribution in [3.8, 4) is 0 Å². The molecule has 0 aliphatic rings. The highest BCUT2D eigenvalue weighted by Crippen LogP contribution is 2.19. The van der Waals surface area contributed by atoms with Crippen LogP contribution in [0.5, 0.6) is 0 Å². The number of hydrogen-bond donors (Lipinski definition) is 3. The molecule has 0 saturated heterocycles. The second-order valence-electron chi connectivity index (χ2n) is 4.96. The maximum Gasteiger partial charge on any atom is 0.315 e. The molecular formula is C15H18N2O3. The lowest BCUT2D eigenvalue weighted by Crippen LogP contribution is -2.34. The molecule has 5 nitrogen and oxygen atoms in total. The van der Waals surface area contributed by atoms with Crippen LogP contribution in [0.4, 0.5) is 0 Å². The first-order chi connectivity index (χ1) is 9.49. The van der Waals surface area contributed by atoms with Gasteiger partial charge in [-0.05, 0) is 37.5 Å². The van der Waals surface area contributed by atoms with Crippen molar-refractivity contribution in [3.05, 3.63) is 35.5 Å². The summed E-state index contributed by atoms with van der Waals surface area (Å²) in [6.45, 7) is 3.84. The molecule has 20 heavy (non-hydrogen) atoms. The molecule has 1 unspecified atom stereocenters. The quantitative estimate of drug-likeness (QED) is 0.728. The number of aromatic amines is 1. The lowest BCUT2D eigenvalue weighted by atomic mass is 10.1. The Labute approximate surface area is 117 Å². The van der Waals surface area contributed by atoms with E-state index in [0.29, 0.717) is 13.0 Å². The first-order valence-electron chi connectivity index (χ1n) is 6.56. The second-order valence-corrected chi connectivity index (χ2v) is 4.96. The summed E-state index contributed by atoms with van der Waals surface area (Å²) in [6.07, 6.45) is 2.60. The molecular weight excluding hydrogens is 256 g/mol. The normalized spacial score (nSPS) is 12.3. The molecule has 5 heteroatoms. The van der Waals surface area contributed by atoms with Crippen molar-refractivity contribution in [2.75, 3.05) is 6.54 Å². The number of H-pyrrole nitrogens is 1. The zero-order valence-electron chi connectivity index (χ0n) is 11.6. The van der Waals surface area contributed by atoms with Gasteiger partial charge in [0.2, 0.25) is 5.91 Å². The van der Waals surface area contributed by atoms with Gasteiger partial charge in [0.1, 0.15) is 5.92 Å². The number of aliphatic carboxylic acids is 1. The van der Waals surface area contributed by atoms with Gasteiger partial charge in [-0.3, -0.25) is 9.59 Å². The van der Waals surface area contributed by atoms with Gasteiger partial charge in [0.05, 0.1) is 0 Å². The number of rotatable bonds is 5. The summed E-state index contributed by atoms with van der Waals surface area (Å²) < 4.78 is 0. The van der Waals surface area contributed by atoms with Gasteiger partial charge in [0.15, 0.2) is 0 Å². The largest absolute Gasteiger partial charge is 0.481 e. The first-order valence-corrected chi connectivity index (χ1v) is 6.56. The predicted octanol–water partition coefficient (Wildman–Crippen LogP) is 1.86. The van der Waals surface area contributed by atoms with Gasteiger partial charge in [0.25, 0.3) is 0 Å². The summed E-state index contributed by atoms with van der Waals surface area (Å²) in [5, 5.41) is 12.5. The Bertz CT molecular complexity index is 646. The van der Waals surface area contributed by atoms with Crippen LogP contribution < -0.4 is 5.32 Å². The SMILES string of the molecule is Cc1ccc2c(CCNC(=O)C(C)C(=O)O)c[nH]c2c1. The Hall–Kier alpha value is -2.30. The molecule has 2 aromatic rings. The molecule has 1 aromatic heterocycles. The maximum absolute atomic E-state index is 11.5. The van der Waals surface area contributed by atoms with E-state index in [4.69, 9.17) is 5.11 Å². The van der Waals surface area contributed by atoms with Crippen molar-refractivity contribution in [2.45, 2.75) is 20.3 Å². The van der Waals surface area contributed by atoms with Gasteiger partial charge in [-0.15, -0.1) is 0 Å². The molecule has 2 rings (SSSR count). The molecule has 1 amide bonds. The fourth-order valence-corrected chi connectivity index (χ4v) is 2.09. The summed E-state index contributed by atoms with van der Waals surface area (Å²) in [6, 6.07) is 6.17. The molecule has 0 spiro atoms. The summed E-state index contributed by atoms with van der Waals surface area (Å²) in [5.41, 5.74) is 3.38. The minimum Gasteiger partial charge on any atom is -0.481 e. The molecule has 0 radical (unpaired) electrons. The molecule has 0 bridgehead atoms. The molecule has 3 N–H and O–H groups in total. The molecule has 0 aliphatic carbocycles. The number of hydrogen-bond acceptors (Lipinski definition) is 2. The molecule has 1 aromatic carbocycles. The Morgan fingerprint density at radius 2 is 2.15 bits per heavy atom. The number of amides is 1. The number of fused-ring (bicyclic) bond motifs is 1. The van der Waals surface area contributed by atoms with Crippen LogP contribution in [-0.2, 0) is 16.0 Å². The maximum atomic E-state index is 11.5. The summed E-state index contributed by atoms with van der Waals surface area (Å²) >= 11 is 0. The fraction of sp³-hybridized carbons (Fsp3) is 0.333. The summed E-state index contributed by atoms with van der Waals surface area (Å²) in [7, 11) is 0. The highest BCUT2D eigenvalue weighted by molar-refractivity contribution is 5.96. The average Bonchev–Trinajstić information content (AvgIpc) is 2.80. The van der Waals surface area contributed by atoms with E-state index < -0.39 is 17.8 Å². The standard InChI is InChI=1S/C15H18N2O3/c1-9-3-4-12-11(8-17-13(12)7-9)5-6-16-14(18)10(2)15(19)20/h3-4,7-8,10,17H,5-6H2,1-2H3,(H,16,18)(H,19,20). The van der Waals surface area contributed by atoms with Gasteiger partial charge in [0, 0.05) is 23.6 Å². The van der Waals surface area contributed by atoms with Crippen molar-refractivity contribution in [1.82, 2.24) is 10.3 Å². The Morgan fingerprint density at radius 1 is 1.40 bits per heavy atom. The summed E-state index contributed by atoms with van der Waals surface area (Å²) in [5.74, 6) is -2.57. The number of aromatic nitrogens is 1. The van der Waals surface area contributed by atoms with E-state index in [9.17, 15) is 9.59 Å². The van der Waals surface area contributed by atoms with Crippen LogP contribution in [0.3, 0.4) is 0 Å². The third kappa shape index (κ3) is 2.99. The zero-order chi connectivity index (χ0) is 14.7. The Balaban J connectivity index is 1.97. The Morgan fingerprint density at radius 3 is 2.85 bits per heavy atom. The van der Waals surface area contributed by atoms with E-state index in [2.05, 4.69) is 22.4 Å². The van der Waals surface area contributed by atoms with Crippen LogP contribution in [0.15, 0.2) is 24.4 Å². The third-order valence-electron chi connectivity index (χ3n) is 3.38. The van der Waals surface area contributed by atoms with Crippen LogP contribution in [0, 0.1) is 12.8 Å². The van der Waals surface area contributed by atoms with E-state index in [0.717, 1.165) is 16.5 Å². The third-order valence-corrected chi connectivity index (χ3v) is 3.38.